The van der Waals surface area contributed by atoms with Gasteiger partial charge in [-0.05, 0) is 12.1 Å². The molecular weight excluding hydrogens is 373 g/mol. The maximum atomic E-state index is 13.4. The zero-order valence-corrected chi connectivity index (χ0v) is 15.0. The Labute approximate surface area is 159 Å². The Kier molecular flexibility index (Phi) is 5.83. The van der Waals surface area contributed by atoms with Crippen molar-refractivity contribution in [1.82, 2.24) is 9.97 Å². The van der Waals surface area contributed by atoms with Crippen molar-refractivity contribution in [3.8, 4) is 11.6 Å². The predicted octanol–water partition coefficient (Wildman–Crippen LogP) is 4.04. The molecule has 138 valence electrons. The minimum absolute atomic E-state index is 0.0970. The highest BCUT2D eigenvalue weighted by molar-refractivity contribution is 6.30. The monoisotopic (exact) mass is 387 g/mol. The van der Waals surface area contributed by atoms with Gasteiger partial charge in [0.2, 0.25) is 12.0 Å². The fraction of sp³-hybridized carbons (Fsp3) is 0.105. The zero-order chi connectivity index (χ0) is 19.2. The summed E-state index contributed by atoms with van der Waals surface area (Å²) in [5.74, 6) is -0.220. The molecule has 0 radical (unpaired) electrons. The summed E-state index contributed by atoms with van der Waals surface area (Å²) < 4.78 is 24.2. The summed E-state index contributed by atoms with van der Waals surface area (Å²) in [4.78, 5) is 20.7. The van der Waals surface area contributed by atoms with Crippen molar-refractivity contribution in [2.24, 2.45) is 0 Å². The van der Waals surface area contributed by atoms with Gasteiger partial charge in [0.1, 0.15) is 23.7 Å². The molecule has 1 aromatic heterocycles. The van der Waals surface area contributed by atoms with Gasteiger partial charge in [0, 0.05) is 17.7 Å². The minimum Gasteiger partial charge on any atom is -0.481 e. The average Bonchev–Trinajstić information content (AvgIpc) is 2.69. The molecule has 0 bridgehead atoms. The third-order valence-corrected chi connectivity index (χ3v) is 3.88. The first-order valence-corrected chi connectivity index (χ1v) is 8.28. The lowest BCUT2D eigenvalue weighted by molar-refractivity contribution is -0.123. The van der Waals surface area contributed by atoms with Crippen LogP contribution in [-0.4, -0.2) is 23.0 Å². The van der Waals surface area contributed by atoms with Gasteiger partial charge < -0.3 is 14.8 Å². The molecule has 0 fully saturated rings. The van der Waals surface area contributed by atoms with Crippen LogP contribution < -0.4 is 14.8 Å². The smallest absolute Gasteiger partial charge is 0.271 e. The van der Waals surface area contributed by atoms with Crippen LogP contribution >= 0.6 is 11.6 Å². The van der Waals surface area contributed by atoms with E-state index in [2.05, 4.69) is 15.3 Å². The van der Waals surface area contributed by atoms with E-state index in [-0.39, 0.29) is 16.6 Å². The van der Waals surface area contributed by atoms with Crippen molar-refractivity contribution in [2.75, 3.05) is 12.4 Å². The second-order valence-electron chi connectivity index (χ2n) is 5.42. The number of nitrogens with zero attached hydrogens (tertiary/aromatic N) is 2. The number of nitrogens with one attached hydrogen (secondary N) is 1. The molecule has 1 amide bonds. The van der Waals surface area contributed by atoms with Gasteiger partial charge in [-0.1, -0.05) is 41.9 Å². The van der Waals surface area contributed by atoms with Gasteiger partial charge in [-0.25, -0.2) is 14.4 Å². The maximum Gasteiger partial charge on any atom is 0.271 e. The Balaban J connectivity index is 1.87. The normalized spacial score (nSPS) is 11.5. The van der Waals surface area contributed by atoms with Crippen LogP contribution in [0.3, 0.4) is 0 Å². The topological polar surface area (TPSA) is 73.3 Å². The quantitative estimate of drug-likeness (QED) is 0.691. The number of benzene rings is 2. The molecule has 8 heteroatoms. The van der Waals surface area contributed by atoms with E-state index in [1.165, 1.54) is 37.7 Å². The highest BCUT2D eigenvalue weighted by atomic mass is 35.5. The highest BCUT2D eigenvalue weighted by Crippen LogP contribution is 2.27. The fourth-order valence-corrected chi connectivity index (χ4v) is 2.47. The van der Waals surface area contributed by atoms with Gasteiger partial charge in [-0.2, -0.15) is 0 Å². The SMILES string of the molecule is COc1cc(NC(=O)C(Oc2ccc(F)c(Cl)c2)c2ccccc2)ncn1. The largest absolute Gasteiger partial charge is 0.481 e. The van der Waals surface area contributed by atoms with Gasteiger partial charge in [0.25, 0.3) is 5.91 Å². The van der Waals surface area contributed by atoms with Crippen LogP contribution in [0.1, 0.15) is 11.7 Å². The summed E-state index contributed by atoms with van der Waals surface area (Å²) in [6, 6.07) is 14.2. The summed E-state index contributed by atoms with van der Waals surface area (Å²) in [6.07, 6.45) is 0.265. The molecule has 3 aromatic rings. The predicted molar refractivity (Wildman–Crippen MR) is 98.4 cm³/mol. The molecule has 6 nitrogen and oxygen atoms in total. The first-order valence-electron chi connectivity index (χ1n) is 7.90. The van der Waals surface area contributed by atoms with Crippen molar-refractivity contribution >= 4 is 23.3 Å². The summed E-state index contributed by atoms with van der Waals surface area (Å²) in [6.45, 7) is 0. The Morgan fingerprint density at radius 1 is 1.15 bits per heavy atom. The van der Waals surface area contributed by atoms with E-state index in [1.54, 1.807) is 24.3 Å². The standard InChI is InChI=1S/C19H15ClFN3O3/c1-26-17-10-16(22-11-23-17)24-19(25)18(12-5-3-2-4-6-12)27-13-7-8-15(21)14(20)9-13/h2-11,18H,1H3,(H,22,23,24,25). The van der Waals surface area contributed by atoms with Gasteiger partial charge in [0.05, 0.1) is 12.1 Å². The van der Waals surface area contributed by atoms with E-state index in [9.17, 15) is 9.18 Å². The molecule has 1 N–H and O–H groups in total. The Bertz CT molecular complexity index is 940. The molecule has 27 heavy (non-hydrogen) atoms. The van der Waals surface area contributed by atoms with E-state index in [0.29, 0.717) is 11.4 Å². The Morgan fingerprint density at radius 3 is 2.63 bits per heavy atom. The molecule has 2 aromatic carbocycles. The molecule has 1 atom stereocenters. The second kappa shape index (κ2) is 8.46. The first kappa shape index (κ1) is 18.6. The van der Waals surface area contributed by atoms with E-state index in [1.807, 2.05) is 6.07 Å². The van der Waals surface area contributed by atoms with Crippen molar-refractivity contribution in [1.29, 1.82) is 0 Å². The second-order valence-corrected chi connectivity index (χ2v) is 5.83. The lowest BCUT2D eigenvalue weighted by Crippen LogP contribution is -2.26. The molecule has 1 heterocycles. The van der Waals surface area contributed by atoms with Gasteiger partial charge in [-0.3, -0.25) is 4.79 Å². The number of carbonyl (C=O) groups is 1. The van der Waals surface area contributed by atoms with Crippen molar-refractivity contribution in [3.05, 3.63) is 77.3 Å². The van der Waals surface area contributed by atoms with Gasteiger partial charge in [0.15, 0.2) is 0 Å². The summed E-state index contributed by atoms with van der Waals surface area (Å²) in [5.41, 5.74) is 0.608. The van der Waals surface area contributed by atoms with Crippen LogP contribution in [0.25, 0.3) is 0 Å². The number of ether oxygens (including phenoxy) is 2. The average molecular weight is 388 g/mol. The van der Waals surface area contributed by atoms with Crippen LogP contribution in [0.5, 0.6) is 11.6 Å². The van der Waals surface area contributed by atoms with Crippen molar-refractivity contribution in [3.63, 3.8) is 0 Å². The number of methoxy groups -OCH3 is 1. The highest BCUT2D eigenvalue weighted by Gasteiger charge is 2.24. The first-order chi connectivity index (χ1) is 13.1. The Morgan fingerprint density at radius 2 is 1.93 bits per heavy atom. The molecular formula is C19H15ClFN3O3. The number of amides is 1. The third-order valence-electron chi connectivity index (χ3n) is 3.59. The zero-order valence-electron chi connectivity index (χ0n) is 14.2. The van der Waals surface area contributed by atoms with Crippen LogP contribution in [0, 0.1) is 5.82 Å². The number of rotatable bonds is 6. The number of aromatic nitrogens is 2. The molecule has 0 aliphatic carbocycles. The van der Waals surface area contributed by atoms with Crippen LogP contribution in [0.4, 0.5) is 10.2 Å². The molecule has 0 saturated heterocycles. The number of carbonyl (C=O) groups excluding carboxylic acids is 1. The summed E-state index contributed by atoms with van der Waals surface area (Å²) >= 11 is 5.80. The number of anilines is 1. The molecule has 3 rings (SSSR count). The number of halogens is 2. The number of hydrogen-bond donors (Lipinski definition) is 1. The van der Waals surface area contributed by atoms with Crippen LogP contribution in [0.15, 0.2) is 60.9 Å². The van der Waals surface area contributed by atoms with Gasteiger partial charge >= 0.3 is 0 Å². The molecule has 0 aliphatic heterocycles. The summed E-state index contributed by atoms with van der Waals surface area (Å²) in [7, 11) is 1.46. The third kappa shape index (κ3) is 4.71. The van der Waals surface area contributed by atoms with Crippen LogP contribution in [0.2, 0.25) is 5.02 Å². The van der Waals surface area contributed by atoms with Crippen molar-refractivity contribution < 1.29 is 18.7 Å². The van der Waals surface area contributed by atoms with E-state index in [4.69, 9.17) is 21.1 Å². The van der Waals surface area contributed by atoms with E-state index < -0.39 is 17.8 Å². The summed E-state index contributed by atoms with van der Waals surface area (Å²) in [5, 5.41) is 2.56. The molecule has 0 spiro atoms. The molecule has 0 aliphatic rings. The minimum atomic E-state index is -1.01. The lowest BCUT2D eigenvalue weighted by Gasteiger charge is -2.19. The van der Waals surface area contributed by atoms with E-state index in [0.717, 1.165) is 0 Å². The maximum absolute atomic E-state index is 13.4. The van der Waals surface area contributed by atoms with Crippen LogP contribution in [-0.2, 0) is 4.79 Å². The van der Waals surface area contributed by atoms with Crippen molar-refractivity contribution in [2.45, 2.75) is 6.10 Å². The number of hydrogen-bond acceptors (Lipinski definition) is 5. The van der Waals surface area contributed by atoms with E-state index >= 15 is 0 Å². The lowest BCUT2D eigenvalue weighted by atomic mass is 10.1. The van der Waals surface area contributed by atoms with Gasteiger partial charge in [-0.15, -0.1) is 0 Å². The fourth-order valence-electron chi connectivity index (χ4n) is 2.30. The molecule has 1 unspecified atom stereocenters. The Hall–Kier alpha value is -3.19. The molecule has 0 saturated carbocycles.